The molecule has 2 aliphatic rings. The summed E-state index contributed by atoms with van der Waals surface area (Å²) < 4.78 is 32.0. The lowest BCUT2D eigenvalue weighted by Crippen LogP contribution is -2.58. The molecule has 1 saturated carbocycles. The van der Waals surface area contributed by atoms with Gasteiger partial charge in [0.25, 0.3) is 5.69 Å². The Kier molecular flexibility index (Phi) is 4.32. The van der Waals surface area contributed by atoms with Gasteiger partial charge in [0.2, 0.25) is 11.9 Å². The highest BCUT2D eigenvalue weighted by Crippen LogP contribution is 2.41. The first-order valence-electron chi connectivity index (χ1n) is 7.90. The molecule has 1 spiro atoms. The van der Waals surface area contributed by atoms with Crippen molar-refractivity contribution in [2.24, 2.45) is 21.5 Å². The van der Waals surface area contributed by atoms with Gasteiger partial charge in [-0.2, -0.15) is 13.4 Å². The Morgan fingerprint density at radius 3 is 2.46 bits per heavy atom. The average Bonchev–Trinajstić information content (AvgIpc) is 2.53. The molecule has 1 aliphatic heterocycles. The van der Waals surface area contributed by atoms with Gasteiger partial charge in [-0.15, -0.1) is 0 Å². The standard InChI is InChI=1S/C14H18N6O5S/c15-12-17-13(16)19(14(18-12)6-2-1-3-7-14)9-4-5-11(26(23,24)25)10(8-9)20(21)22/h4-5,8H,1-3,6-7H2,(H,23,24,25)(H4,15,16,17,18). The van der Waals surface area contributed by atoms with Crippen molar-refractivity contribution in [1.29, 1.82) is 0 Å². The Labute approximate surface area is 149 Å². The maximum absolute atomic E-state index is 11.4. The van der Waals surface area contributed by atoms with Crippen LogP contribution in [-0.4, -0.2) is 35.5 Å². The van der Waals surface area contributed by atoms with Crippen molar-refractivity contribution < 1.29 is 17.9 Å². The Balaban J connectivity index is 2.16. The van der Waals surface area contributed by atoms with Crippen molar-refractivity contribution in [3.05, 3.63) is 28.3 Å². The van der Waals surface area contributed by atoms with Crippen LogP contribution in [0, 0.1) is 10.1 Å². The Morgan fingerprint density at radius 2 is 1.88 bits per heavy atom. The first-order chi connectivity index (χ1) is 12.1. The topological polar surface area (TPSA) is 178 Å². The molecule has 0 aromatic heterocycles. The van der Waals surface area contributed by atoms with E-state index in [9.17, 15) is 23.1 Å². The molecule has 0 amide bonds. The van der Waals surface area contributed by atoms with Crippen molar-refractivity contribution in [2.75, 3.05) is 4.90 Å². The molecule has 12 heteroatoms. The number of aliphatic imine (C=N–C) groups is 2. The summed E-state index contributed by atoms with van der Waals surface area (Å²) in [5.74, 6) is 0.0537. The molecule has 1 aromatic rings. The molecule has 0 saturated heterocycles. The third kappa shape index (κ3) is 3.08. The molecule has 0 unspecified atom stereocenters. The molecule has 3 rings (SSSR count). The number of guanidine groups is 2. The second kappa shape index (κ2) is 6.21. The van der Waals surface area contributed by atoms with E-state index >= 15 is 0 Å². The smallest absolute Gasteiger partial charge is 0.301 e. The largest absolute Gasteiger partial charge is 0.369 e. The van der Waals surface area contributed by atoms with Gasteiger partial charge in [-0.25, -0.2) is 4.99 Å². The van der Waals surface area contributed by atoms with Crippen LogP contribution >= 0.6 is 0 Å². The first-order valence-corrected chi connectivity index (χ1v) is 9.34. The maximum atomic E-state index is 11.4. The van der Waals surface area contributed by atoms with Gasteiger partial charge in [-0.05, 0) is 37.8 Å². The monoisotopic (exact) mass is 382 g/mol. The molecule has 1 fully saturated rings. The highest BCUT2D eigenvalue weighted by molar-refractivity contribution is 7.86. The van der Waals surface area contributed by atoms with Crippen LogP contribution in [0.15, 0.2) is 33.1 Å². The van der Waals surface area contributed by atoms with Crippen LogP contribution in [0.2, 0.25) is 0 Å². The molecule has 1 aliphatic carbocycles. The minimum atomic E-state index is -4.75. The van der Waals surface area contributed by atoms with Gasteiger partial charge < -0.3 is 11.5 Å². The number of nitrogens with zero attached hydrogens (tertiary/aromatic N) is 4. The molecule has 0 radical (unpaired) electrons. The van der Waals surface area contributed by atoms with Crippen molar-refractivity contribution in [3.63, 3.8) is 0 Å². The molecule has 1 heterocycles. The van der Waals surface area contributed by atoms with Gasteiger partial charge in [-0.1, -0.05) is 6.42 Å². The molecule has 1 aromatic carbocycles. The highest BCUT2D eigenvalue weighted by Gasteiger charge is 2.43. The Morgan fingerprint density at radius 1 is 1.23 bits per heavy atom. The third-order valence-electron chi connectivity index (χ3n) is 4.53. The van der Waals surface area contributed by atoms with Crippen LogP contribution in [0.25, 0.3) is 0 Å². The van der Waals surface area contributed by atoms with Gasteiger partial charge in [-0.3, -0.25) is 19.6 Å². The molecule has 0 atom stereocenters. The number of hydrogen-bond donors (Lipinski definition) is 3. The van der Waals surface area contributed by atoms with Crippen molar-refractivity contribution in [2.45, 2.75) is 42.7 Å². The normalized spacial score (nSPS) is 19.8. The van der Waals surface area contributed by atoms with Gasteiger partial charge in [0.05, 0.1) is 10.6 Å². The van der Waals surface area contributed by atoms with Gasteiger partial charge >= 0.3 is 10.1 Å². The van der Waals surface area contributed by atoms with E-state index in [1.165, 1.54) is 6.07 Å². The van der Waals surface area contributed by atoms with Crippen LogP contribution in [0.4, 0.5) is 11.4 Å². The maximum Gasteiger partial charge on any atom is 0.301 e. The van der Waals surface area contributed by atoms with Crippen LogP contribution in [0.3, 0.4) is 0 Å². The lowest BCUT2D eigenvalue weighted by atomic mass is 9.87. The van der Waals surface area contributed by atoms with Crippen LogP contribution in [-0.2, 0) is 10.1 Å². The zero-order valence-electron chi connectivity index (χ0n) is 13.7. The van der Waals surface area contributed by atoms with E-state index in [1.807, 2.05) is 0 Å². The minimum Gasteiger partial charge on any atom is -0.369 e. The number of rotatable bonds is 3. The van der Waals surface area contributed by atoms with Crippen molar-refractivity contribution in [3.8, 4) is 0 Å². The summed E-state index contributed by atoms with van der Waals surface area (Å²) in [6.45, 7) is 0. The molecular weight excluding hydrogens is 364 g/mol. The number of hydrogen-bond acceptors (Lipinski definition) is 9. The number of anilines is 1. The zero-order chi connectivity index (χ0) is 19.1. The summed E-state index contributed by atoms with van der Waals surface area (Å²) in [5.41, 5.74) is 10.5. The quantitative estimate of drug-likeness (QED) is 0.393. The minimum absolute atomic E-state index is 0.0216. The van der Waals surface area contributed by atoms with Gasteiger partial charge in [0.1, 0.15) is 5.66 Å². The van der Waals surface area contributed by atoms with E-state index in [-0.39, 0.29) is 17.6 Å². The summed E-state index contributed by atoms with van der Waals surface area (Å²) in [5, 5.41) is 11.3. The number of nitro groups is 1. The number of nitro benzene ring substituents is 1. The highest BCUT2D eigenvalue weighted by atomic mass is 32.2. The zero-order valence-corrected chi connectivity index (χ0v) is 14.5. The third-order valence-corrected chi connectivity index (χ3v) is 5.43. The molecule has 26 heavy (non-hydrogen) atoms. The van der Waals surface area contributed by atoms with Crippen LogP contribution < -0.4 is 16.4 Å². The molecule has 140 valence electrons. The lowest BCUT2D eigenvalue weighted by molar-refractivity contribution is -0.387. The molecule has 0 bridgehead atoms. The van der Waals surface area contributed by atoms with Crippen molar-refractivity contribution >= 4 is 33.4 Å². The summed E-state index contributed by atoms with van der Waals surface area (Å²) >= 11 is 0. The van der Waals surface area contributed by atoms with Crippen LogP contribution in [0.5, 0.6) is 0 Å². The van der Waals surface area contributed by atoms with Crippen LogP contribution in [0.1, 0.15) is 32.1 Å². The summed E-state index contributed by atoms with van der Waals surface area (Å²) in [4.78, 5) is 19.6. The van der Waals surface area contributed by atoms with Crippen molar-refractivity contribution in [1.82, 2.24) is 0 Å². The van der Waals surface area contributed by atoms with E-state index in [1.54, 1.807) is 4.90 Å². The fourth-order valence-corrected chi connectivity index (χ4v) is 4.14. The molecule has 11 nitrogen and oxygen atoms in total. The SMILES string of the molecule is NC1=NC2(CCCCC2)N(c2ccc(S(=O)(=O)O)c([N+](=O)[O-])c2)C(N)=N1. The first kappa shape index (κ1) is 18.1. The average molecular weight is 382 g/mol. The summed E-state index contributed by atoms with van der Waals surface area (Å²) in [6, 6.07) is 3.33. The summed E-state index contributed by atoms with van der Waals surface area (Å²) in [7, 11) is -4.75. The van der Waals surface area contributed by atoms with E-state index in [4.69, 9.17) is 11.5 Å². The molecule has 5 N–H and O–H groups in total. The Hall–Kier alpha value is -2.73. The second-order valence-electron chi connectivity index (χ2n) is 6.20. The van der Waals surface area contributed by atoms with Gasteiger partial charge in [0, 0.05) is 6.07 Å². The van der Waals surface area contributed by atoms with E-state index in [2.05, 4.69) is 9.98 Å². The Bertz CT molecular complexity index is 920. The molecular formula is C14H18N6O5S. The second-order valence-corrected chi connectivity index (χ2v) is 7.59. The number of nitrogens with two attached hydrogens (primary N) is 2. The fraction of sp³-hybridized carbons (Fsp3) is 0.429. The fourth-order valence-electron chi connectivity index (χ4n) is 3.50. The van der Waals surface area contributed by atoms with E-state index in [0.717, 1.165) is 31.4 Å². The van der Waals surface area contributed by atoms with E-state index < -0.39 is 31.3 Å². The summed E-state index contributed by atoms with van der Waals surface area (Å²) in [6.07, 6.45) is 4.00. The predicted octanol–water partition coefficient (Wildman–Crippen LogP) is 0.951. The number of benzene rings is 1. The predicted molar refractivity (Wildman–Crippen MR) is 94.5 cm³/mol. The lowest BCUT2D eigenvalue weighted by Gasteiger charge is -2.45. The van der Waals surface area contributed by atoms with E-state index in [0.29, 0.717) is 12.8 Å². The van der Waals surface area contributed by atoms with Gasteiger partial charge in [0.15, 0.2) is 4.90 Å².